The van der Waals surface area contributed by atoms with Crippen LogP contribution in [0.4, 0.5) is 13.2 Å². The van der Waals surface area contributed by atoms with Crippen molar-refractivity contribution in [2.24, 2.45) is 4.99 Å². The van der Waals surface area contributed by atoms with Gasteiger partial charge in [0.15, 0.2) is 5.72 Å². The molecular weight excluding hydrogens is 387 g/mol. The van der Waals surface area contributed by atoms with Crippen LogP contribution in [0, 0.1) is 11.5 Å². The Morgan fingerprint density at radius 1 is 1.23 bits per heavy atom. The monoisotopic (exact) mass is 405 g/mol. The molecular formula is C16H18F3NO4SSi. The van der Waals surface area contributed by atoms with Gasteiger partial charge in [0.1, 0.15) is 13.8 Å². The third-order valence-electron chi connectivity index (χ3n) is 2.99. The number of benzene rings is 1. The van der Waals surface area contributed by atoms with Crippen molar-refractivity contribution in [3.8, 4) is 17.2 Å². The molecule has 10 heteroatoms. The van der Waals surface area contributed by atoms with Gasteiger partial charge in [0.2, 0.25) is 5.90 Å². The van der Waals surface area contributed by atoms with Crippen LogP contribution in [0.3, 0.4) is 0 Å². The van der Waals surface area contributed by atoms with E-state index in [-0.39, 0.29) is 11.3 Å². The SMILES string of the molecule is CC1(C)N=C(OS(=O)(=O)C(F)(F)F)c2cc(C#C[Si](C)(C)C)ccc2O1. The Balaban J connectivity index is 2.53. The fraction of sp³-hybridized carbons (Fsp3) is 0.438. The summed E-state index contributed by atoms with van der Waals surface area (Å²) in [5.41, 5.74) is -3.23. The lowest BCUT2D eigenvalue weighted by atomic mass is 10.1. The standard InChI is InChI=1S/C16H18F3NO4SSi/c1-15(2)20-14(24-25(21,22)16(17,18)19)12-10-11(6-7-13(12)23-15)8-9-26(3,4)5/h6-7,10H,1-5H3. The van der Waals surface area contributed by atoms with E-state index in [4.69, 9.17) is 4.74 Å². The first-order valence-electron chi connectivity index (χ1n) is 7.57. The normalized spacial score (nSPS) is 16.5. The summed E-state index contributed by atoms with van der Waals surface area (Å²) in [5.74, 6) is 2.43. The van der Waals surface area contributed by atoms with Crippen molar-refractivity contribution in [2.75, 3.05) is 0 Å². The lowest BCUT2D eigenvalue weighted by molar-refractivity contribution is -0.0506. The molecule has 0 saturated carbocycles. The highest BCUT2D eigenvalue weighted by molar-refractivity contribution is 7.88. The molecule has 0 aliphatic carbocycles. The van der Waals surface area contributed by atoms with Crippen LogP contribution < -0.4 is 4.74 Å². The van der Waals surface area contributed by atoms with Gasteiger partial charge >= 0.3 is 15.6 Å². The Labute approximate surface area is 151 Å². The van der Waals surface area contributed by atoms with E-state index in [0.29, 0.717) is 5.56 Å². The van der Waals surface area contributed by atoms with Crippen LogP contribution in [0.2, 0.25) is 19.6 Å². The number of alkyl halides is 3. The number of aliphatic imine (C=N–C) groups is 1. The van der Waals surface area contributed by atoms with Gasteiger partial charge in [-0.15, -0.1) is 5.54 Å². The Bertz CT molecular complexity index is 920. The average molecular weight is 405 g/mol. The number of fused-ring (bicyclic) bond motifs is 1. The van der Waals surface area contributed by atoms with Crippen molar-refractivity contribution in [1.29, 1.82) is 0 Å². The van der Waals surface area contributed by atoms with Crippen LogP contribution in [0.1, 0.15) is 25.0 Å². The van der Waals surface area contributed by atoms with Crippen molar-refractivity contribution in [2.45, 2.75) is 44.7 Å². The molecule has 0 fully saturated rings. The predicted molar refractivity (Wildman–Crippen MR) is 94.0 cm³/mol. The minimum atomic E-state index is -5.85. The summed E-state index contributed by atoms with van der Waals surface area (Å²) in [6.45, 7) is 9.05. The summed E-state index contributed by atoms with van der Waals surface area (Å²) >= 11 is 0. The highest BCUT2D eigenvalue weighted by Crippen LogP contribution is 2.34. The maximum atomic E-state index is 12.7. The summed E-state index contributed by atoms with van der Waals surface area (Å²) in [4.78, 5) is 3.86. The maximum Gasteiger partial charge on any atom is 0.534 e. The van der Waals surface area contributed by atoms with Crippen molar-refractivity contribution < 1.29 is 30.5 Å². The number of hydrogen-bond donors (Lipinski definition) is 0. The van der Waals surface area contributed by atoms with Crippen LogP contribution in [-0.2, 0) is 14.3 Å². The summed E-state index contributed by atoms with van der Waals surface area (Å²) in [5, 5.41) is 0. The average Bonchev–Trinajstić information content (AvgIpc) is 2.41. The lowest BCUT2D eigenvalue weighted by Crippen LogP contribution is -2.36. The molecule has 0 bridgehead atoms. The molecule has 26 heavy (non-hydrogen) atoms. The molecule has 0 spiro atoms. The minimum absolute atomic E-state index is 0.000439. The highest BCUT2D eigenvalue weighted by atomic mass is 32.2. The first kappa shape index (κ1) is 20.3. The highest BCUT2D eigenvalue weighted by Gasteiger charge is 2.50. The van der Waals surface area contributed by atoms with E-state index < -0.39 is 35.3 Å². The van der Waals surface area contributed by atoms with E-state index in [9.17, 15) is 21.6 Å². The second kappa shape index (κ2) is 6.31. The molecule has 0 N–H and O–H groups in total. The van der Waals surface area contributed by atoms with Crippen LogP contribution in [0.15, 0.2) is 23.2 Å². The maximum absolute atomic E-state index is 12.7. The molecule has 0 unspecified atom stereocenters. The number of halogens is 3. The molecule has 0 aromatic heterocycles. The van der Waals surface area contributed by atoms with Crippen molar-refractivity contribution in [3.05, 3.63) is 29.3 Å². The molecule has 2 rings (SSSR count). The molecule has 1 aromatic carbocycles. The molecule has 0 radical (unpaired) electrons. The quantitative estimate of drug-likeness (QED) is 0.310. The van der Waals surface area contributed by atoms with E-state index >= 15 is 0 Å². The fourth-order valence-corrected chi connectivity index (χ4v) is 2.88. The van der Waals surface area contributed by atoms with Crippen molar-refractivity contribution in [3.63, 3.8) is 0 Å². The van der Waals surface area contributed by atoms with Gasteiger partial charge in [0.25, 0.3) is 0 Å². The van der Waals surface area contributed by atoms with Gasteiger partial charge < -0.3 is 8.92 Å². The van der Waals surface area contributed by atoms with E-state index in [0.717, 1.165) is 0 Å². The van der Waals surface area contributed by atoms with E-state index in [2.05, 4.69) is 20.6 Å². The Kier molecular flexibility index (Phi) is 4.94. The molecule has 1 aromatic rings. The van der Waals surface area contributed by atoms with E-state index in [1.807, 2.05) is 19.6 Å². The molecule has 1 aliphatic rings. The van der Waals surface area contributed by atoms with E-state index in [1.54, 1.807) is 6.07 Å². The van der Waals surface area contributed by atoms with Gasteiger partial charge in [-0.1, -0.05) is 25.6 Å². The second-order valence-electron chi connectivity index (χ2n) is 7.16. The number of ether oxygens (including phenoxy) is 1. The summed E-state index contributed by atoms with van der Waals surface area (Å²) in [7, 11) is -7.53. The molecule has 5 nitrogen and oxygen atoms in total. The first-order chi connectivity index (χ1) is 11.6. The topological polar surface area (TPSA) is 65.0 Å². The third-order valence-corrected chi connectivity index (χ3v) is 4.81. The number of rotatable bonds is 1. The van der Waals surface area contributed by atoms with Crippen molar-refractivity contribution >= 4 is 24.1 Å². The Morgan fingerprint density at radius 2 is 1.85 bits per heavy atom. The van der Waals surface area contributed by atoms with Gasteiger partial charge in [-0.25, -0.2) is 4.99 Å². The fourth-order valence-electron chi connectivity index (χ4n) is 1.93. The van der Waals surface area contributed by atoms with Crippen LogP contribution in [0.5, 0.6) is 5.75 Å². The molecule has 1 aliphatic heterocycles. The van der Waals surface area contributed by atoms with Crippen LogP contribution in [-0.4, -0.2) is 33.6 Å². The molecule has 0 saturated heterocycles. The van der Waals surface area contributed by atoms with Crippen LogP contribution >= 0.6 is 0 Å². The molecule has 142 valence electrons. The largest absolute Gasteiger partial charge is 0.534 e. The molecule has 1 heterocycles. The predicted octanol–water partition coefficient (Wildman–Crippen LogP) is 3.66. The van der Waals surface area contributed by atoms with Gasteiger partial charge in [0.05, 0.1) is 5.56 Å². The minimum Gasteiger partial charge on any atom is -0.466 e. The third kappa shape index (κ3) is 4.79. The summed E-state index contributed by atoms with van der Waals surface area (Å²) in [6.07, 6.45) is 0. The zero-order chi connectivity index (χ0) is 20.0. The second-order valence-corrected chi connectivity index (χ2v) is 13.4. The van der Waals surface area contributed by atoms with Gasteiger partial charge in [0, 0.05) is 5.56 Å². The van der Waals surface area contributed by atoms with Gasteiger partial charge in [-0.05, 0) is 32.0 Å². The lowest BCUT2D eigenvalue weighted by Gasteiger charge is -2.29. The van der Waals surface area contributed by atoms with Gasteiger partial charge in [-0.3, -0.25) is 0 Å². The number of nitrogens with zero attached hydrogens (tertiary/aromatic N) is 1. The van der Waals surface area contributed by atoms with Gasteiger partial charge in [-0.2, -0.15) is 21.6 Å². The smallest absolute Gasteiger partial charge is 0.466 e. The number of hydrogen-bond acceptors (Lipinski definition) is 5. The summed E-state index contributed by atoms with van der Waals surface area (Å²) in [6, 6.07) is 4.55. The molecule has 0 amide bonds. The van der Waals surface area contributed by atoms with Crippen molar-refractivity contribution in [1.82, 2.24) is 0 Å². The Hall–Kier alpha value is -1.99. The Morgan fingerprint density at radius 3 is 2.38 bits per heavy atom. The molecule has 0 atom stereocenters. The van der Waals surface area contributed by atoms with E-state index in [1.165, 1.54) is 26.0 Å². The van der Waals surface area contributed by atoms with Crippen LogP contribution in [0.25, 0.3) is 0 Å². The zero-order valence-corrected chi connectivity index (χ0v) is 16.7. The summed E-state index contributed by atoms with van der Waals surface area (Å²) < 4.78 is 70.6. The first-order valence-corrected chi connectivity index (χ1v) is 12.5. The zero-order valence-electron chi connectivity index (χ0n) is 14.9.